The van der Waals surface area contributed by atoms with E-state index in [1.165, 1.54) is 18.1 Å². The smallest absolute Gasteiger partial charge is 0 e. The summed E-state index contributed by atoms with van der Waals surface area (Å²) in [5, 5.41) is 8.42. The first kappa shape index (κ1) is 36.0. The molecule has 0 fully saturated rings. The van der Waals surface area contributed by atoms with Crippen molar-refractivity contribution in [2.45, 2.75) is 26.9 Å². The molecule has 0 unspecified atom stereocenters. The maximum absolute atomic E-state index is 12.1. The first-order valence-corrected chi connectivity index (χ1v) is 8.79. The van der Waals surface area contributed by atoms with Gasteiger partial charge < -0.3 is 20.1 Å². The summed E-state index contributed by atoms with van der Waals surface area (Å²) in [6, 6.07) is 8.06. The Labute approximate surface area is 209 Å². The van der Waals surface area contributed by atoms with E-state index in [0.29, 0.717) is 0 Å². The van der Waals surface area contributed by atoms with E-state index >= 15 is 0 Å². The Morgan fingerprint density at radius 2 is 1.37 bits per heavy atom. The van der Waals surface area contributed by atoms with Crippen LogP contribution in [0.2, 0.25) is 0 Å². The van der Waals surface area contributed by atoms with Gasteiger partial charge in [-0.15, -0.1) is 0 Å². The Kier molecular flexibility index (Phi) is 20.4. The Morgan fingerprint density at radius 3 is 1.71 bits per heavy atom. The molecule has 3 rings (SSSR count). The standard InChI is InChI=1S/C12H12N2.C6H6F3N3O2.3CO.Mn/c1-9-3-5-13-11(7-9)12-8-10(2)4-6-14-12;1-2-14-5(13)3-4(6(7,8)9)11-12-10-3;3*1-2;/h3-8H,1-2H3;2H2,1H3,(H,10,11,12,13);;;;/p-1. The van der Waals surface area contributed by atoms with Crippen molar-refractivity contribution >= 4 is 5.97 Å². The van der Waals surface area contributed by atoms with E-state index < -0.39 is 23.5 Å². The predicted octanol–water partition coefficient (Wildman–Crippen LogP) is 3.27. The van der Waals surface area contributed by atoms with Crippen LogP contribution in [0.5, 0.6) is 0 Å². The largest absolute Gasteiger partial charge is 0 e. The summed E-state index contributed by atoms with van der Waals surface area (Å²) >= 11 is 0. The molecule has 10 nitrogen and oxygen atoms in total. The molecule has 0 aliphatic heterocycles. The maximum atomic E-state index is 12.1. The van der Waals surface area contributed by atoms with Crippen LogP contribution in [-0.2, 0) is 41.9 Å². The molecule has 185 valence electrons. The van der Waals surface area contributed by atoms with E-state index in [4.69, 9.17) is 14.0 Å². The van der Waals surface area contributed by atoms with Crippen LogP contribution in [0.4, 0.5) is 13.2 Å². The van der Waals surface area contributed by atoms with Gasteiger partial charge in [0.05, 0.1) is 18.0 Å². The first-order valence-electron chi connectivity index (χ1n) is 8.79. The SMILES string of the molecule is CCOC(=O)c1n[n-]nc1C(F)(F)F.Cc1ccnc(-c2cc(C)ccn2)c1.[C-]#[O+].[C-]#[O+].[C-]#[O+].[Mn]. The number of nitrogens with zero attached hydrogens (tertiary/aromatic N) is 5. The van der Waals surface area contributed by atoms with E-state index in [0.717, 1.165) is 11.4 Å². The molecule has 0 spiro atoms. The summed E-state index contributed by atoms with van der Waals surface area (Å²) in [7, 11) is 0. The molecule has 0 amide bonds. The van der Waals surface area contributed by atoms with Gasteiger partial charge >= 0.3 is 46.1 Å². The number of carbonyl (C=O) groups excluding carboxylic acids is 1. The molecular weight excluding hydrogens is 514 g/mol. The van der Waals surface area contributed by atoms with Gasteiger partial charge in [0, 0.05) is 29.5 Å². The summed E-state index contributed by atoms with van der Waals surface area (Å²) in [4.78, 5) is 19.5. The molecule has 0 N–H and O–H groups in total. The fraction of sp³-hybridized carbons (Fsp3) is 0.238. The van der Waals surface area contributed by atoms with Gasteiger partial charge in [0.15, 0.2) is 11.4 Å². The number of aryl methyl sites for hydroxylation is 2. The van der Waals surface area contributed by atoms with Crippen LogP contribution in [0, 0.1) is 33.8 Å². The summed E-state index contributed by atoms with van der Waals surface area (Å²) in [5.74, 6) is -1.18. The molecule has 0 atom stereocenters. The predicted molar refractivity (Wildman–Crippen MR) is 105 cm³/mol. The quantitative estimate of drug-likeness (QED) is 0.218. The Bertz CT molecular complexity index is 1030. The Balaban J connectivity index is -0.000000471. The van der Waals surface area contributed by atoms with Gasteiger partial charge in [0.1, 0.15) is 0 Å². The summed E-state index contributed by atoms with van der Waals surface area (Å²) in [6.45, 7) is 19.0. The average molecular weight is 531 g/mol. The zero-order valence-corrected chi connectivity index (χ0v) is 19.6. The van der Waals surface area contributed by atoms with Crippen molar-refractivity contribution in [2.75, 3.05) is 6.61 Å². The van der Waals surface area contributed by atoms with Gasteiger partial charge in [-0.1, -0.05) is 0 Å². The third-order valence-corrected chi connectivity index (χ3v) is 3.34. The molecule has 0 aromatic carbocycles. The average Bonchev–Trinajstić information content (AvgIpc) is 3.35. The number of esters is 1. The van der Waals surface area contributed by atoms with Crippen molar-refractivity contribution in [2.24, 2.45) is 0 Å². The van der Waals surface area contributed by atoms with E-state index in [9.17, 15) is 18.0 Å². The molecule has 0 aliphatic carbocycles. The molecule has 3 heterocycles. The van der Waals surface area contributed by atoms with Gasteiger partial charge in [-0.05, 0) is 56.2 Å². The Hall–Kier alpha value is -3.56. The molecule has 0 bridgehead atoms. The molecule has 0 saturated heterocycles. The zero-order valence-electron chi connectivity index (χ0n) is 18.5. The minimum Gasteiger partial charge on any atom is 0 e. The number of rotatable bonds is 3. The van der Waals surface area contributed by atoms with Crippen LogP contribution in [0.25, 0.3) is 11.4 Å². The fourth-order valence-corrected chi connectivity index (χ4v) is 2.09. The zero-order chi connectivity index (χ0) is 26.7. The number of alkyl halides is 3. The van der Waals surface area contributed by atoms with Crippen molar-refractivity contribution in [1.29, 1.82) is 0 Å². The van der Waals surface area contributed by atoms with Gasteiger partial charge in [-0.2, -0.15) is 13.2 Å². The molecule has 0 saturated carbocycles. The summed E-state index contributed by atoms with van der Waals surface area (Å²) in [5.41, 5.74) is 1.97. The number of carbonyl (C=O) groups is 1. The Morgan fingerprint density at radius 1 is 0.943 bits per heavy atom. The van der Waals surface area contributed by atoms with E-state index in [2.05, 4.69) is 63.9 Å². The molecular formula is C21H17F3MnN5O5-. The van der Waals surface area contributed by atoms with E-state index in [-0.39, 0.29) is 23.7 Å². The third kappa shape index (κ3) is 13.0. The van der Waals surface area contributed by atoms with Crippen LogP contribution in [0.15, 0.2) is 36.7 Å². The number of aromatic nitrogens is 5. The second-order valence-electron chi connectivity index (χ2n) is 5.64. The minimum atomic E-state index is -4.74. The van der Waals surface area contributed by atoms with Crippen molar-refractivity contribution in [3.63, 3.8) is 0 Å². The van der Waals surface area contributed by atoms with Crippen LogP contribution in [0.3, 0.4) is 0 Å². The van der Waals surface area contributed by atoms with Crippen molar-refractivity contribution in [3.8, 4) is 11.4 Å². The number of hydrogen-bond donors (Lipinski definition) is 0. The van der Waals surface area contributed by atoms with Crippen LogP contribution >= 0.6 is 0 Å². The molecule has 35 heavy (non-hydrogen) atoms. The van der Waals surface area contributed by atoms with Gasteiger partial charge in [-0.3, -0.25) is 9.97 Å². The van der Waals surface area contributed by atoms with Crippen molar-refractivity contribution in [3.05, 3.63) is 79.1 Å². The maximum Gasteiger partial charge on any atom is 0 e. The second-order valence-corrected chi connectivity index (χ2v) is 5.64. The third-order valence-electron chi connectivity index (χ3n) is 3.34. The molecule has 3 aromatic rings. The molecule has 1 radical (unpaired) electrons. The summed E-state index contributed by atoms with van der Waals surface area (Å²) in [6.07, 6.45) is -1.12. The second kappa shape index (κ2) is 19.9. The topological polar surface area (TPSA) is 152 Å². The van der Waals surface area contributed by atoms with Gasteiger partial charge in [0.25, 0.3) is 0 Å². The van der Waals surface area contributed by atoms with E-state index in [1.807, 2.05) is 36.7 Å². The van der Waals surface area contributed by atoms with Crippen LogP contribution < -0.4 is 5.21 Å². The van der Waals surface area contributed by atoms with Gasteiger partial charge in [-0.25, -0.2) is 4.79 Å². The van der Waals surface area contributed by atoms with E-state index in [1.54, 1.807) is 0 Å². The van der Waals surface area contributed by atoms with Crippen molar-refractivity contribution in [1.82, 2.24) is 25.4 Å². The number of halogens is 3. The van der Waals surface area contributed by atoms with Gasteiger partial charge in [0.2, 0.25) is 0 Å². The van der Waals surface area contributed by atoms with Crippen LogP contribution in [-0.4, -0.2) is 32.7 Å². The minimum absolute atomic E-state index is 0. The molecule has 3 aromatic heterocycles. The van der Waals surface area contributed by atoms with Crippen LogP contribution in [0.1, 0.15) is 34.2 Å². The summed E-state index contributed by atoms with van der Waals surface area (Å²) < 4.78 is 63.2. The number of pyridine rings is 2. The number of hydrogen-bond acceptors (Lipinski definition) is 6. The molecule has 0 aliphatic rings. The number of ether oxygens (including phenoxy) is 1. The normalized spacial score (nSPS) is 8.80. The first-order chi connectivity index (χ1) is 16.2. The monoisotopic (exact) mass is 531 g/mol. The van der Waals surface area contributed by atoms with Crippen molar-refractivity contribution < 1.29 is 53.7 Å². The molecule has 14 heteroatoms. The fourth-order valence-electron chi connectivity index (χ4n) is 2.09.